The Hall–Kier alpha value is -2.25. The van der Waals surface area contributed by atoms with Crippen molar-refractivity contribution in [3.63, 3.8) is 0 Å². The van der Waals surface area contributed by atoms with Gasteiger partial charge in [0.25, 0.3) is 0 Å². The highest BCUT2D eigenvalue weighted by Gasteiger charge is 2.32. The minimum atomic E-state index is -3.71. The summed E-state index contributed by atoms with van der Waals surface area (Å²) < 4.78 is 31.6. The highest BCUT2D eigenvalue weighted by Crippen LogP contribution is 2.30. The van der Waals surface area contributed by atoms with Crippen LogP contribution >= 0.6 is 11.6 Å². The number of carbonyl (C=O) groups is 1. The van der Waals surface area contributed by atoms with Gasteiger partial charge in [0.1, 0.15) is 11.8 Å². The number of methoxy groups -OCH3 is 1. The second-order valence-electron chi connectivity index (χ2n) is 6.66. The molecule has 28 heavy (non-hydrogen) atoms. The molecule has 1 N–H and O–H groups in total. The van der Waals surface area contributed by atoms with Crippen LogP contribution in [-0.2, 0) is 14.8 Å². The number of benzene rings is 2. The van der Waals surface area contributed by atoms with Gasteiger partial charge in [-0.1, -0.05) is 24.6 Å². The van der Waals surface area contributed by atoms with Gasteiger partial charge in [0.05, 0.1) is 24.7 Å². The molecule has 0 saturated carbocycles. The van der Waals surface area contributed by atoms with Crippen LogP contribution in [0.5, 0.6) is 5.75 Å². The van der Waals surface area contributed by atoms with E-state index >= 15 is 0 Å². The van der Waals surface area contributed by atoms with Gasteiger partial charge in [0, 0.05) is 5.02 Å². The van der Waals surface area contributed by atoms with Crippen molar-refractivity contribution in [3.8, 4) is 5.75 Å². The SMILES string of the molecule is CC[C@@H](C(=O)Nc1cc(Cl)ccc1OC)N(c1cc(C)cc(C)c1)S(C)(=O)=O. The second kappa shape index (κ2) is 8.84. The summed E-state index contributed by atoms with van der Waals surface area (Å²) >= 11 is 6.02. The standard InChI is InChI=1S/C20H25ClN2O4S/c1-6-18(20(24)22-17-12-15(21)7-8-19(17)27-4)23(28(5,25)26)16-10-13(2)9-14(3)11-16/h7-12,18H,6H2,1-5H3,(H,22,24)/t18-/m0/s1. The third-order valence-electron chi connectivity index (χ3n) is 4.21. The lowest BCUT2D eigenvalue weighted by Crippen LogP contribution is -2.47. The Morgan fingerprint density at radius 1 is 1.18 bits per heavy atom. The maximum Gasteiger partial charge on any atom is 0.248 e. The van der Waals surface area contributed by atoms with E-state index in [1.807, 2.05) is 19.9 Å². The maximum absolute atomic E-state index is 13.0. The van der Waals surface area contributed by atoms with Crippen molar-refractivity contribution >= 4 is 38.9 Å². The number of ether oxygens (including phenoxy) is 1. The van der Waals surface area contributed by atoms with Crippen LogP contribution in [0.1, 0.15) is 24.5 Å². The summed E-state index contributed by atoms with van der Waals surface area (Å²) in [5.41, 5.74) is 2.67. The summed E-state index contributed by atoms with van der Waals surface area (Å²) in [4.78, 5) is 13.0. The molecule has 0 aliphatic rings. The van der Waals surface area contributed by atoms with Crippen LogP contribution in [0.4, 0.5) is 11.4 Å². The Kier molecular flexibility index (Phi) is 6.96. The quantitative estimate of drug-likeness (QED) is 0.724. The Labute approximate surface area is 171 Å². The molecule has 8 heteroatoms. The number of hydrogen-bond donors (Lipinski definition) is 1. The van der Waals surface area contributed by atoms with Crippen molar-refractivity contribution in [2.45, 2.75) is 33.2 Å². The Balaban J connectivity index is 2.47. The molecule has 0 radical (unpaired) electrons. The minimum Gasteiger partial charge on any atom is -0.495 e. The lowest BCUT2D eigenvalue weighted by atomic mass is 10.1. The van der Waals surface area contributed by atoms with Crippen molar-refractivity contribution in [3.05, 3.63) is 52.5 Å². The largest absolute Gasteiger partial charge is 0.495 e. The van der Waals surface area contributed by atoms with Crippen LogP contribution in [0, 0.1) is 13.8 Å². The first-order chi connectivity index (χ1) is 13.1. The number of amides is 1. The molecule has 1 atom stereocenters. The molecule has 0 aliphatic carbocycles. The lowest BCUT2D eigenvalue weighted by Gasteiger charge is -2.30. The molecule has 0 bridgehead atoms. The van der Waals surface area contributed by atoms with E-state index in [9.17, 15) is 13.2 Å². The Bertz CT molecular complexity index is 956. The van der Waals surface area contributed by atoms with Gasteiger partial charge in [-0.05, 0) is 61.7 Å². The molecule has 0 heterocycles. The fraction of sp³-hybridized carbons (Fsp3) is 0.350. The van der Waals surface area contributed by atoms with Crippen LogP contribution < -0.4 is 14.4 Å². The number of aryl methyl sites for hydroxylation is 2. The second-order valence-corrected chi connectivity index (χ2v) is 8.96. The summed E-state index contributed by atoms with van der Waals surface area (Å²) in [5.74, 6) is -0.0300. The Morgan fingerprint density at radius 2 is 1.79 bits per heavy atom. The number of halogens is 1. The molecular formula is C20H25ClN2O4S. The number of carbonyl (C=O) groups excluding carboxylic acids is 1. The molecule has 2 aromatic rings. The first-order valence-electron chi connectivity index (χ1n) is 8.79. The van der Waals surface area contributed by atoms with Crippen molar-refractivity contribution in [1.82, 2.24) is 0 Å². The first-order valence-corrected chi connectivity index (χ1v) is 11.0. The summed E-state index contributed by atoms with van der Waals surface area (Å²) in [7, 11) is -2.23. The third-order valence-corrected chi connectivity index (χ3v) is 5.63. The molecular weight excluding hydrogens is 400 g/mol. The molecule has 2 rings (SSSR count). The normalized spacial score (nSPS) is 12.4. The van der Waals surface area contributed by atoms with Crippen molar-refractivity contribution < 1.29 is 17.9 Å². The van der Waals surface area contributed by atoms with Gasteiger partial charge in [0.15, 0.2) is 0 Å². The molecule has 0 fully saturated rings. The van der Waals surface area contributed by atoms with Crippen molar-refractivity contribution in [1.29, 1.82) is 0 Å². The van der Waals surface area contributed by atoms with E-state index in [1.54, 1.807) is 37.3 Å². The predicted molar refractivity (Wildman–Crippen MR) is 114 cm³/mol. The molecule has 0 aliphatic heterocycles. The summed E-state index contributed by atoms with van der Waals surface area (Å²) in [5, 5.41) is 3.18. The first kappa shape index (κ1) is 22.0. The van der Waals surface area contributed by atoms with Gasteiger partial charge in [-0.3, -0.25) is 9.10 Å². The molecule has 6 nitrogen and oxygen atoms in total. The van der Waals surface area contributed by atoms with E-state index in [0.717, 1.165) is 17.4 Å². The van der Waals surface area contributed by atoms with Crippen LogP contribution in [0.3, 0.4) is 0 Å². The average molecular weight is 425 g/mol. The molecule has 1 amide bonds. The third kappa shape index (κ3) is 5.17. The molecule has 0 aromatic heterocycles. The van der Waals surface area contributed by atoms with Crippen LogP contribution in [0.2, 0.25) is 5.02 Å². The molecule has 0 unspecified atom stereocenters. The van der Waals surface area contributed by atoms with Crippen LogP contribution in [0.25, 0.3) is 0 Å². The van der Waals surface area contributed by atoms with Gasteiger partial charge in [-0.2, -0.15) is 0 Å². The summed E-state index contributed by atoms with van der Waals surface area (Å²) in [6.07, 6.45) is 1.38. The van der Waals surface area contributed by atoms with E-state index < -0.39 is 22.0 Å². The highest BCUT2D eigenvalue weighted by atomic mass is 35.5. The van der Waals surface area contributed by atoms with Gasteiger partial charge >= 0.3 is 0 Å². The number of anilines is 2. The zero-order valence-electron chi connectivity index (χ0n) is 16.6. The van der Waals surface area contributed by atoms with Gasteiger partial charge in [-0.25, -0.2) is 8.42 Å². The summed E-state index contributed by atoms with van der Waals surface area (Å²) in [6.45, 7) is 5.53. The zero-order chi connectivity index (χ0) is 21.1. The number of rotatable bonds is 7. The molecule has 2 aromatic carbocycles. The van der Waals surface area contributed by atoms with E-state index in [0.29, 0.717) is 22.1 Å². The molecule has 152 valence electrons. The zero-order valence-corrected chi connectivity index (χ0v) is 18.2. The fourth-order valence-corrected chi connectivity index (χ4v) is 4.50. The monoisotopic (exact) mass is 424 g/mol. The minimum absolute atomic E-state index is 0.286. The lowest BCUT2D eigenvalue weighted by molar-refractivity contribution is -0.117. The van der Waals surface area contributed by atoms with Crippen molar-refractivity contribution in [2.75, 3.05) is 23.0 Å². The van der Waals surface area contributed by atoms with E-state index in [4.69, 9.17) is 16.3 Å². The highest BCUT2D eigenvalue weighted by molar-refractivity contribution is 7.92. The fourth-order valence-electron chi connectivity index (χ4n) is 3.13. The number of hydrogen-bond acceptors (Lipinski definition) is 4. The van der Waals surface area contributed by atoms with E-state index in [2.05, 4.69) is 5.32 Å². The van der Waals surface area contributed by atoms with E-state index in [1.165, 1.54) is 11.4 Å². The number of nitrogens with one attached hydrogen (secondary N) is 1. The van der Waals surface area contributed by atoms with E-state index in [-0.39, 0.29) is 6.42 Å². The van der Waals surface area contributed by atoms with Gasteiger partial charge in [0.2, 0.25) is 15.9 Å². The van der Waals surface area contributed by atoms with Crippen molar-refractivity contribution in [2.24, 2.45) is 0 Å². The van der Waals surface area contributed by atoms with Crippen LogP contribution in [-0.4, -0.2) is 33.7 Å². The average Bonchev–Trinajstić information content (AvgIpc) is 2.57. The van der Waals surface area contributed by atoms with Gasteiger partial charge in [-0.15, -0.1) is 0 Å². The smallest absolute Gasteiger partial charge is 0.248 e. The number of sulfonamides is 1. The number of nitrogens with zero attached hydrogens (tertiary/aromatic N) is 1. The van der Waals surface area contributed by atoms with Crippen LogP contribution in [0.15, 0.2) is 36.4 Å². The Morgan fingerprint density at radius 3 is 2.29 bits per heavy atom. The topological polar surface area (TPSA) is 75.7 Å². The molecule has 0 spiro atoms. The maximum atomic E-state index is 13.0. The summed E-state index contributed by atoms with van der Waals surface area (Å²) in [6, 6.07) is 9.37. The van der Waals surface area contributed by atoms with Gasteiger partial charge < -0.3 is 10.1 Å². The predicted octanol–water partition coefficient (Wildman–Crippen LogP) is 4.15. The molecule has 0 saturated heterocycles.